The second-order valence-electron chi connectivity index (χ2n) is 4.84. The van der Waals surface area contributed by atoms with Gasteiger partial charge in [0.25, 0.3) is 0 Å². The molecule has 0 saturated carbocycles. The van der Waals surface area contributed by atoms with Crippen molar-refractivity contribution in [2.45, 2.75) is 32.9 Å². The molecule has 0 radical (unpaired) electrons. The lowest BCUT2D eigenvalue weighted by molar-refractivity contribution is 0.242. The molecule has 0 aliphatic rings. The number of hydrogen-bond donors (Lipinski definition) is 1. The lowest BCUT2D eigenvalue weighted by atomic mass is 10.1. The van der Waals surface area contributed by atoms with E-state index in [4.69, 9.17) is 27.9 Å². The van der Waals surface area contributed by atoms with Crippen LogP contribution in [0, 0.1) is 0 Å². The summed E-state index contributed by atoms with van der Waals surface area (Å²) in [6, 6.07) is 9.91. The molecule has 1 atom stereocenters. The maximum atomic E-state index is 6.16. The summed E-state index contributed by atoms with van der Waals surface area (Å²) in [6.07, 6.45) is 0.180. The predicted molar refractivity (Wildman–Crippen MR) is 88.6 cm³/mol. The summed E-state index contributed by atoms with van der Waals surface area (Å²) in [5.74, 6) is 0.870. The van der Waals surface area contributed by atoms with Crippen LogP contribution in [0.3, 0.4) is 0 Å². The fourth-order valence-electron chi connectivity index (χ4n) is 1.88. The lowest BCUT2D eigenvalue weighted by Crippen LogP contribution is -2.07. The van der Waals surface area contributed by atoms with Gasteiger partial charge in [0.15, 0.2) is 0 Å². The molecule has 0 fully saturated rings. The molecule has 1 heterocycles. The zero-order valence-corrected chi connectivity index (χ0v) is 13.9. The van der Waals surface area contributed by atoms with Crippen LogP contribution in [0.2, 0.25) is 8.67 Å². The molecule has 2 rings (SSSR count). The van der Waals surface area contributed by atoms with E-state index in [0.29, 0.717) is 4.34 Å². The van der Waals surface area contributed by atoms with Gasteiger partial charge in [-0.3, -0.25) is 0 Å². The zero-order chi connectivity index (χ0) is 14.7. The van der Waals surface area contributed by atoms with Crippen molar-refractivity contribution in [2.75, 3.05) is 5.32 Å². The summed E-state index contributed by atoms with van der Waals surface area (Å²) in [7, 11) is 0. The molecule has 1 aromatic heterocycles. The molecule has 5 heteroatoms. The minimum Gasteiger partial charge on any atom is -0.491 e. The van der Waals surface area contributed by atoms with E-state index in [-0.39, 0.29) is 12.1 Å². The molecule has 0 bridgehead atoms. The van der Waals surface area contributed by atoms with Crippen molar-refractivity contribution in [3.8, 4) is 5.75 Å². The first-order valence-electron chi connectivity index (χ1n) is 6.43. The molecule has 0 amide bonds. The highest BCUT2D eigenvalue weighted by Gasteiger charge is 2.13. The maximum Gasteiger partial charge on any atom is 0.119 e. The molecule has 20 heavy (non-hydrogen) atoms. The quantitative estimate of drug-likeness (QED) is 0.724. The number of nitrogens with one attached hydrogen (secondary N) is 1. The first-order valence-corrected chi connectivity index (χ1v) is 8.01. The van der Waals surface area contributed by atoms with E-state index in [2.05, 4.69) is 12.2 Å². The second-order valence-corrected chi connectivity index (χ2v) is 7.12. The van der Waals surface area contributed by atoms with E-state index in [9.17, 15) is 0 Å². The van der Waals surface area contributed by atoms with E-state index in [1.807, 2.05) is 44.2 Å². The summed E-state index contributed by atoms with van der Waals surface area (Å²) in [5, 5.41) is 3.40. The third kappa shape index (κ3) is 4.05. The van der Waals surface area contributed by atoms with Crippen molar-refractivity contribution in [3.63, 3.8) is 0 Å². The molecular formula is C15H17Cl2NOS. The van der Waals surface area contributed by atoms with Gasteiger partial charge in [-0.1, -0.05) is 23.2 Å². The third-order valence-corrected chi connectivity index (χ3v) is 4.28. The van der Waals surface area contributed by atoms with Gasteiger partial charge in [0.1, 0.15) is 5.75 Å². The number of anilines is 1. The van der Waals surface area contributed by atoms with Crippen molar-refractivity contribution < 1.29 is 4.74 Å². The Balaban J connectivity index is 2.04. The van der Waals surface area contributed by atoms with Gasteiger partial charge in [0, 0.05) is 11.3 Å². The van der Waals surface area contributed by atoms with Crippen LogP contribution < -0.4 is 10.1 Å². The van der Waals surface area contributed by atoms with Crippen LogP contribution in [0.4, 0.5) is 5.69 Å². The predicted octanol–water partition coefficient (Wildman–Crippen LogP) is 6.02. The summed E-state index contributed by atoms with van der Waals surface area (Å²) in [6.45, 7) is 6.08. The SMILES string of the molecule is CC(C)Oc1ccc(NC(C)c2cc(Cl)sc2Cl)cc1. The van der Waals surface area contributed by atoms with Crippen LogP contribution >= 0.6 is 34.5 Å². The van der Waals surface area contributed by atoms with E-state index >= 15 is 0 Å². The van der Waals surface area contributed by atoms with Crippen molar-refractivity contribution in [1.82, 2.24) is 0 Å². The van der Waals surface area contributed by atoms with Gasteiger partial charge in [-0.2, -0.15) is 0 Å². The Morgan fingerprint density at radius 3 is 2.25 bits per heavy atom. The first kappa shape index (κ1) is 15.5. The molecule has 0 aliphatic carbocycles. The number of benzene rings is 1. The normalized spacial score (nSPS) is 12.5. The fraction of sp³-hybridized carbons (Fsp3) is 0.333. The van der Waals surface area contributed by atoms with Gasteiger partial charge in [0.05, 0.1) is 20.8 Å². The minimum absolute atomic E-state index is 0.100. The van der Waals surface area contributed by atoms with Crippen molar-refractivity contribution in [2.24, 2.45) is 0 Å². The van der Waals surface area contributed by atoms with Gasteiger partial charge >= 0.3 is 0 Å². The highest BCUT2D eigenvalue weighted by atomic mass is 35.5. The van der Waals surface area contributed by atoms with Crippen LogP contribution in [0.5, 0.6) is 5.75 Å². The molecule has 0 spiro atoms. The molecule has 1 unspecified atom stereocenters. The Bertz CT molecular complexity index is 566. The average molecular weight is 330 g/mol. The largest absolute Gasteiger partial charge is 0.491 e. The zero-order valence-electron chi connectivity index (χ0n) is 11.6. The van der Waals surface area contributed by atoms with Crippen LogP contribution in [-0.2, 0) is 0 Å². The summed E-state index contributed by atoms with van der Waals surface area (Å²) in [4.78, 5) is 0. The highest BCUT2D eigenvalue weighted by molar-refractivity contribution is 7.20. The number of rotatable bonds is 5. The van der Waals surface area contributed by atoms with E-state index < -0.39 is 0 Å². The smallest absolute Gasteiger partial charge is 0.119 e. The van der Waals surface area contributed by atoms with E-state index in [1.165, 1.54) is 11.3 Å². The van der Waals surface area contributed by atoms with Gasteiger partial charge in [-0.25, -0.2) is 0 Å². The van der Waals surface area contributed by atoms with Crippen molar-refractivity contribution >= 4 is 40.2 Å². The van der Waals surface area contributed by atoms with Gasteiger partial charge in [-0.05, 0) is 51.1 Å². The number of ether oxygens (including phenoxy) is 1. The first-order chi connectivity index (χ1) is 9.45. The number of hydrogen-bond acceptors (Lipinski definition) is 3. The summed E-state index contributed by atoms with van der Waals surface area (Å²) in [5.41, 5.74) is 2.04. The van der Waals surface area contributed by atoms with Gasteiger partial charge in [0.2, 0.25) is 0 Å². The van der Waals surface area contributed by atoms with Crippen molar-refractivity contribution in [1.29, 1.82) is 0 Å². The molecule has 1 aromatic carbocycles. The topological polar surface area (TPSA) is 21.3 Å². The minimum atomic E-state index is 0.100. The van der Waals surface area contributed by atoms with Crippen LogP contribution in [0.1, 0.15) is 32.4 Å². The summed E-state index contributed by atoms with van der Waals surface area (Å²) >= 11 is 13.5. The number of halogens is 2. The summed E-state index contributed by atoms with van der Waals surface area (Å²) < 4.78 is 7.06. The Labute approximate surface area is 133 Å². The van der Waals surface area contributed by atoms with Gasteiger partial charge in [-0.15, -0.1) is 11.3 Å². The molecule has 0 aliphatic heterocycles. The van der Waals surface area contributed by atoms with Crippen LogP contribution in [0.25, 0.3) is 0 Å². The Kier molecular flexibility index (Phi) is 5.19. The Morgan fingerprint density at radius 1 is 1.10 bits per heavy atom. The third-order valence-electron chi connectivity index (χ3n) is 2.76. The molecule has 0 saturated heterocycles. The Hall–Kier alpha value is -0.900. The van der Waals surface area contributed by atoms with Crippen LogP contribution in [0.15, 0.2) is 30.3 Å². The van der Waals surface area contributed by atoms with E-state index in [1.54, 1.807) is 0 Å². The molecule has 108 valence electrons. The maximum absolute atomic E-state index is 6.16. The molecule has 2 aromatic rings. The van der Waals surface area contributed by atoms with E-state index in [0.717, 1.165) is 21.3 Å². The van der Waals surface area contributed by atoms with Gasteiger partial charge < -0.3 is 10.1 Å². The number of thiophene rings is 1. The average Bonchev–Trinajstić information content (AvgIpc) is 2.70. The molecule has 2 nitrogen and oxygen atoms in total. The second kappa shape index (κ2) is 6.70. The standard InChI is InChI=1S/C15H17Cl2NOS/c1-9(2)19-12-6-4-11(5-7-12)18-10(3)13-8-14(16)20-15(13)17/h4-10,18H,1-3H3. The molecular weight excluding hydrogens is 313 g/mol. The lowest BCUT2D eigenvalue weighted by Gasteiger charge is -2.16. The highest BCUT2D eigenvalue weighted by Crippen LogP contribution is 2.36. The van der Waals surface area contributed by atoms with Crippen LogP contribution in [-0.4, -0.2) is 6.10 Å². The Morgan fingerprint density at radius 2 is 1.75 bits per heavy atom. The van der Waals surface area contributed by atoms with Crippen molar-refractivity contribution in [3.05, 3.63) is 44.6 Å². The fourth-order valence-corrected chi connectivity index (χ4v) is 3.52. The monoisotopic (exact) mass is 329 g/mol. The molecule has 1 N–H and O–H groups in total.